The molecule has 6 heteroatoms. The number of hydrogen-bond acceptors (Lipinski definition) is 5. The van der Waals surface area contributed by atoms with Gasteiger partial charge in [0.05, 0.1) is 13.3 Å². The minimum absolute atomic E-state index is 0.0655. The van der Waals surface area contributed by atoms with Crippen LogP contribution in [0.25, 0.3) is 0 Å². The zero-order chi connectivity index (χ0) is 12.7. The van der Waals surface area contributed by atoms with E-state index in [2.05, 4.69) is 22.0 Å². The van der Waals surface area contributed by atoms with Crippen LogP contribution in [-0.4, -0.2) is 24.0 Å². The van der Waals surface area contributed by atoms with Gasteiger partial charge in [0.25, 0.3) is 0 Å². The van der Waals surface area contributed by atoms with Gasteiger partial charge in [-0.2, -0.15) is 0 Å². The van der Waals surface area contributed by atoms with Crippen molar-refractivity contribution in [1.29, 1.82) is 0 Å². The first-order valence-corrected chi connectivity index (χ1v) is 6.33. The molecule has 1 aromatic heterocycles. The maximum atomic E-state index is 11.5. The van der Waals surface area contributed by atoms with E-state index in [4.69, 9.17) is 0 Å². The Balaban J connectivity index is 2.43. The lowest BCUT2D eigenvalue weighted by atomic mass is 10.2. The molecule has 1 rings (SSSR count). The first-order chi connectivity index (χ1) is 8.17. The van der Waals surface area contributed by atoms with Gasteiger partial charge < -0.3 is 10.1 Å². The van der Waals surface area contributed by atoms with Crippen LogP contribution >= 0.6 is 11.3 Å². The van der Waals surface area contributed by atoms with Crippen molar-refractivity contribution >= 4 is 28.3 Å². The Kier molecular flexibility index (Phi) is 5.62. The molecule has 0 spiro atoms. The molecule has 0 bridgehead atoms. The zero-order valence-electron chi connectivity index (χ0n) is 9.99. The third kappa shape index (κ3) is 4.52. The van der Waals surface area contributed by atoms with Crippen LogP contribution in [0.1, 0.15) is 42.3 Å². The van der Waals surface area contributed by atoms with Crippen LogP contribution in [0.5, 0.6) is 0 Å². The number of amides is 1. The van der Waals surface area contributed by atoms with E-state index in [0.717, 1.165) is 30.6 Å². The van der Waals surface area contributed by atoms with E-state index in [1.54, 1.807) is 0 Å². The topological polar surface area (TPSA) is 68.3 Å². The number of carbonyl (C=O) groups excluding carboxylic acids is 2. The fraction of sp³-hybridized carbons (Fsp3) is 0.545. The number of methoxy groups -OCH3 is 1. The quantitative estimate of drug-likeness (QED) is 0.627. The monoisotopic (exact) mass is 256 g/mol. The van der Waals surface area contributed by atoms with Crippen LogP contribution in [-0.2, 0) is 9.53 Å². The van der Waals surface area contributed by atoms with Crippen LogP contribution in [0.15, 0.2) is 6.20 Å². The van der Waals surface area contributed by atoms with Gasteiger partial charge in [-0.1, -0.05) is 31.1 Å². The van der Waals surface area contributed by atoms with Gasteiger partial charge in [0.1, 0.15) is 4.88 Å². The Morgan fingerprint density at radius 1 is 1.47 bits per heavy atom. The molecule has 0 unspecified atom stereocenters. The molecule has 17 heavy (non-hydrogen) atoms. The number of nitrogens with one attached hydrogen (secondary N) is 1. The second-order valence-electron chi connectivity index (χ2n) is 3.53. The molecule has 5 nitrogen and oxygen atoms in total. The highest BCUT2D eigenvalue weighted by molar-refractivity contribution is 7.17. The third-order valence-corrected chi connectivity index (χ3v) is 3.04. The molecule has 0 aliphatic rings. The summed E-state index contributed by atoms with van der Waals surface area (Å²) in [5.74, 6) is -0.502. The Morgan fingerprint density at radius 2 is 2.24 bits per heavy atom. The SMILES string of the molecule is CCCCCC(=O)Nc1ncc(C(=O)OC)s1. The molecular weight excluding hydrogens is 240 g/mol. The summed E-state index contributed by atoms with van der Waals surface area (Å²) < 4.78 is 4.55. The highest BCUT2D eigenvalue weighted by Crippen LogP contribution is 2.19. The van der Waals surface area contributed by atoms with Gasteiger partial charge in [0.15, 0.2) is 5.13 Å². The molecule has 0 aliphatic heterocycles. The van der Waals surface area contributed by atoms with Gasteiger partial charge in [-0.25, -0.2) is 9.78 Å². The third-order valence-electron chi connectivity index (χ3n) is 2.15. The van der Waals surface area contributed by atoms with Gasteiger partial charge in [-0.15, -0.1) is 0 Å². The van der Waals surface area contributed by atoms with Crippen LogP contribution in [0.2, 0.25) is 0 Å². The van der Waals surface area contributed by atoms with E-state index in [9.17, 15) is 9.59 Å². The lowest BCUT2D eigenvalue weighted by Gasteiger charge is -2.00. The van der Waals surface area contributed by atoms with E-state index in [1.165, 1.54) is 13.3 Å². The molecular formula is C11H16N2O3S. The number of esters is 1. The summed E-state index contributed by atoms with van der Waals surface area (Å²) in [4.78, 5) is 27.0. The lowest BCUT2D eigenvalue weighted by molar-refractivity contribution is -0.116. The van der Waals surface area contributed by atoms with Crippen LogP contribution in [0.3, 0.4) is 0 Å². The van der Waals surface area contributed by atoms with E-state index >= 15 is 0 Å². The maximum absolute atomic E-state index is 11.5. The highest BCUT2D eigenvalue weighted by Gasteiger charge is 2.11. The molecule has 1 heterocycles. The zero-order valence-corrected chi connectivity index (χ0v) is 10.8. The molecule has 0 radical (unpaired) electrons. The fourth-order valence-electron chi connectivity index (χ4n) is 1.24. The van der Waals surface area contributed by atoms with Gasteiger partial charge in [-0.3, -0.25) is 4.79 Å². The molecule has 0 aliphatic carbocycles. The molecule has 1 aromatic rings. The summed E-state index contributed by atoms with van der Waals surface area (Å²) >= 11 is 1.12. The lowest BCUT2D eigenvalue weighted by Crippen LogP contribution is -2.10. The number of ether oxygens (including phenoxy) is 1. The number of nitrogens with zero attached hydrogens (tertiary/aromatic N) is 1. The van der Waals surface area contributed by atoms with Crippen molar-refractivity contribution in [2.75, 3.05) is 12.4 Å². The van der Waals surface area contributed by atoms with Crippen molar-refractivity contribution in [1.82, 2.24) is 4.98 Å². The van der Waals surface area contributed by atoms with Crippen molar-refractivity contribution in [3.8, 4) is 0 Å². The minimum Gasteiger partial charge on any atom is -0.465 e. The van der Waals surface area contributed by atoms with Gasteiger partial charge in [0, 0.05) is 6.42 Å². The largest absolute Gasteiger partial charge is 0.465 e. The summed E-state index contributed by atoms with van der Waals surface area (Å²) in [6.45, 7) is 2.08. The number of thiazole rings is 1. The summed E-state index contributed by atoms with van der Waals surface area (Å²) in [7, 11) is 1.31. The Bertz CT molecular complexity index is 390. The normalized spacial score (nSPS) is 10.0. The fourth-order valence-corrected chi connectivity index (χ4v) is 1.99. The molecule has 0 atom stereocenters. The molecule has 0 saturated heterocycles. The van der Waals surface area contributed by atoms with Gasteiger partial charge in [-0.05, 0) is 6.42 Å². The van der Waals surface area contributed by atoms with Crippen LogP contribution in [0, 0.1) is 0 Å². The van der Waals surface area contributed by atoms with Gasteiger partial charge in [0.2, 0.25) is 5.91 Å². The number of aromatic nitrogens is 1. The standard InChI is InChI=1S/C11H16N2O3S/c1-3-4-5-6-9(14)13-11-12-7-8(17-11)10(15)16-2/h7H,3-6H2,1-2H3,(H,12,13,14). The van der Waals surface area contributed by atoms with E-state index in [-0.39, 0.29) is 5.91 Å². The number of carbonyl (C=O) groups is 2. The second kappa shape index (κ2) is 7.01. The van der Waals surface area contributed by atoms with Crippen molar-refractivity contribution in [3.05, 3.63) is 11.1 Å². The highest BCUT2D eigenvalue weighted by atomic mass is 32.1. The predicted octanol–water partition coefficient (Wildman–Crippen LogP) is 2.45. The Morgan fingerprint density at radius 3 is 2.88 bits per heavy atom. The number of anilines is 1. The smallest absolute Gasteiger partial charge is 0.349 e. The maximum Gasteiger partial charge on any atom is 0.349 e. The minimum atomic E-state index is -0.436. The van der Waals surface area contributed by atoms with Gasteiger partial charge >= 0.3 is 5.97 Å². The molecule has 0 aromatic carbocycles. The molecule has 0 saturated carbocycles. The molecule has 0 fully saturated rings. The predicted molar refractivity (Wildman–Crippen MR) is 66.2 cm³/mol. The first-order valence-electron chi connectivity index (χ1n) is 5.51. The molecule has 94 valence electrons. The van der Waals surface area contributed by atoms with E-state index < -0.39 is 5.97 Å². The Labute approximate surface area is 104 Å². The Hall–Kier alpha value is -1.43. The summed E-state index contributed by atoms with van der Waals surface area (Å²) in [5.41, 5.74) is 0. The summed E-state index contributed by atoms with van der Waals surface area (Å²) in [6, 6.07) is 0. The molecule has 1 amide bonds. The average molecular weight is 256 g/mol. The van der Waals surface area contributed by atoms with Crippen molar-refractivity contribution in [2.45, 2.75) is 32.6 Å². The number of hydrogen-bond donors (Lipinski definition) is 1. The average Bonchev–Trinajstić information content (AvgIpc) is 2.77. The van der Waals surface area contributed by atoms with E-state index in [0.29, 0.717) is 16.4 Å². The van der Waals surface area contributed by atoms with Crippen LogP contribution in [0.4, 0.5) is 5.13 Å². The van der Waals surface area contributed by atoms with Crippen LogP contribution < -0.4 is 5.32 Å². The van der Waals surface area contributed by atoms with Crippen molar-refractivity contribution in [3.63, 3.8) is 0 Å². The molecule has 1 N–H and O–H groups in total. The van der Waals surface area contributed by atoms with E-state index in [1.807, 2.05) is 0 Å². The number of rotatable bonds is 6. The van der Waals surface area contributed by atoms with Crippen molar-refractivity contribution < 1.29 is 14.3 Å². The second-order valence-corrected chi connectivity index (χ2v) is 4.56. The summed E-state index contributed by atoms with van der Waals surface area (Å²) in [5, 5.41) is 3.10. The summed E-state index contributed by atoms with van der Waals surface area (Å²) in [6.07, 6.45) is 4.88. The van der Waals surface area contributed by atoms with Crippen molar-refractivity contribution in [2.24, 2.45) is 0 Å². The first kappa shape index (κ1) is 13.6. The number of unbranched alkanes of at least 4 members (excludes halogenated alkanes) is 2.